The van der Waals surface area contributed by atoms with Gasteiger partial charge < -0.3 is 14.5 Å². The second kappa shape index (κ2) is 6.82. The van der Waals surface area contributed by atoms with Crippen molar-refractivity contribution >= 4 is 34.0 Å². The number of hydrogen-bond donors (Lipinski definition) is 0. The zero-order chi connectivity index (χ0) is 15.5. The normalized spacial score (nSPS) is 22.5. The minimum Gasteiger partial charge on any atom is -0.378 e. The first-order valence-electron chi connectivity index (χ1n) is 7.37. The van der Waals surface area contributed by atoms with Gasteiger partial charge in [0.25, 0.3) is 0 Å². The third kappa shape index (κ3) is 3.05. The molecule has 0 saturated carbocycles. The Morgan fingerprint density at radius 2 is 2.18 bits per heavy atom. The predicted octanol–water partition coefficient (Wildman–Crippen LogP) is 1.74. The molecular weight excluding hydrogens is 324 g/mol. The van der Waals surface area contributed by atoms with Crippen LogP contribution in [0.4, 0.5) is 5.00 Å². The Bertz CT molecular complexity index is 594. The lowest BCUT2D eigenvalue weighted by molar-refractivity contribution is -0.139. The zero-order valence-electron chi connectivity index (χ0n) is 12.1. The van der Waals surface area contributed by atoms with Crippen molar-refractivity contribution in [2.45, 2.75) is 12.8 Å². The van der Waals surface area contributed by atoms with Crippen molar-refractivity contribution in [2.24, 2.45) is 5.92 Å². The van der Waals surface area contributed by atoms with Gasteiger partial charge in [-0.05, 0) is 24.4 Å². The molecule has 3 rings (SSSR count). The summed E-state index contributed by atoms with van der Waals surface area (Å²) < 4.78 is 9.35. The molecule has 3 heterocycles. The average Bonchev–Trinajstić information content (AvgIpc) is 2.96. The van der Waals surface area contributed by atoms with Gasteiger partial charge in [-0.3, -0.25) is 4.79 Å². The molecule has 0 unspecified atom stereocenters. The number of hydrogen-bond acceptors (Lipinski definition) is 6. The van der Waals surface area contributed by atoms with E-state index < -0.39 is 0 Å². The quantitative estimate of drug-likeness (QED) is 0.820. The Morgan fingerprint density at radius 3 is 2.91 bits per heavy atom. The van der Waals surface area contributed by atoms with Gasteiger partial charge in [0.2, 0.25) is 5.91 Å². The molecule has 1 aromatic heterocycles. The Morgan fingerprint density at radius 1 is 1.41 bits per heavy atom. The second-order valence-corrected chi connectivity index (χ2v) is 6.60. The van der Waals surface area contributed by atoms with E-state index in [1.165, 1.54) is 11.5 Å². The molecule has 6 nitrogen and oxygen atoms in total. The first kappa shape index (κ1) is 15.5. The maximum absolute atomic E-state index is 12.6. The van der Waals surface area contributed by atoms with Crippen LogP contribution in [0.3, 0.4) is 0 Å². The van der Waals surface area contributed by atoms with Crippen LogP contribution in [-0.2, 0) is 9.53 Å². The largest absolute Gasteiger partial charge is 0.378 e. The maximum atomic E-state index is 12.6. The van der Waals surface area contributed by atoms with Gasteiger partial charge in [-0.15, -0.1) is 0 Å². The lowest BCUT2D eigenvalue weighted by Crippen LogP contribution is -2.48. The molecule has 2 aliphatic rings. The Balaban J connectivity index is 1.71. The van der Waals surface area contributed by atoms with Gasteiger partial charge in [0.15, 0.2) is 5.15 Å². The van der Waals surface area contributed by atoms with E-state index in [4.69, 9.17) is 16.3 Å². The Labute approximate surface area is 138 Å². The lowest BCUT2D eigenvalue weighted by atomic mass is 9.96. The summed E-state index contributed by atoms with van der Waals surface area (Å²) in [5.41, 5.74) is 0.422. The van der Waals surface area contributed by atoms with Crippen LogP contribution in [0.15, 0.2) is 0 Å². The van der Waals surface area contributed by atoms with Crippen molar-refractivity contribution in [3.05, 3.63) is 10.7 Å². The molecule has 0 bridgehead atoms. The minimum absolute atomic E-state index is 0.0285. The highest BCUT2D eigenvalue weighted by molar-refractivity contribution is 7.10. The fourth-order valence-electron chi connectivity index (χ4n) is 2.98. The first-order chi connectivity index (χ1) is 10.7. The van der Waals surface area contributed by atoms with E-state index in [1.54, 1.807) is 0 Å². The maximum Gasteiger partial charge on any atom is 0.227 e. The Kier molecular flexibility index (Phi) is 4.81. The number of carbonyl (C=O) groups is 1. The van der Waals surface area contributed by atoms with E-state index in [2.05, 4.69) is 15.3 Å². The van der Waals surface area contributed by atoms with E-state index in [1.807, 2.05) is 4.90 Å². The standard InChI is InChI=1S/C14H17ClN4O2S/c15-12-11(8-16)14(22-17-12)19-3-1-2-10(9-19)13(20)18-4-6-21-7-5-18/h10H,1-7,9H2/t10-/m1/s1. The predicted molar refractivity (Wildman–Crippen MR) is 84.2 cm³/mol. The fourth-order valence-corrected chi connectivity index (χ4v) is 4.04. The number of piperidine rings is 1. The molecule has 118 valence electrons. The number of ether oxygens (including phenoxy) is 1. The van der Waals surface area contributed by atoms with Gasteiger partial charge in [0.05, 0.1) is 19.1 Å². The molecule has 22 heavy (non-hydrogen) atoms. The van der Waals surface area contributed by atoms with E-state index in [9.17, 15) is 10.1 Å². The number of aromatic nitrogens is 1. The molecule has 0 aromatic carbocycles. The number of anilines is 1. The molecular formula is C14H17ClN4O2S. The second-order valence-electron chi connectivity index (χ2n) is 5.49. The summed E-state index contributed by atoms with van der Waals surface area (Å²) in [5.74, 6) is 0.168. The summed E-state index contributed by atoms with van der Waals surface area (Å²) >= 11 is 7.18. The first-order valence-corrected chi connectivity index (χ1v) is 8.52. The topological polar surface area (TPSA) is 69.5 Å². The van der Waals surface area contributed by atoms with Crippen LogP contribution in [0, 0.1) is 17.2 Å². The van der Waals surface area contributed by atoms with E-state index in [0.29, 0.717) is 38.4 Å². The molecule has 8 heteroatoms. The molecule has 0 N–H and O–H groups in total. The van der Waals surface area contributed by atoms with Gasteiger partial charge >= 0.3 is 0 Å². The minimum atomic E-state index is -0.0285. The number of nitrogens with zero attached hydrogens (tertiary/aromatic N) is 4. The van der Waals surface area contributed by atoms with Gasteiger partial charge in [0, 0.05) is 26.2 Å². The molecule has 1 amide bonds. The molecule has 0 aliphatic carbocycles. The molecule has 1 atom stereocenters. The van der Waals surface area contributed by atoms with E-state index in [-0.39, 0.29) is 17.0 Å². The summed E-state index contributed by atoms with van der Waals surface area (Å²) in [6.45, 7) is 4.04. The molecule has 2 saturated heterocycles. The number of halogens is 1. The van der Waals surface area contributed by atoms with Crippen LogP contribution in [0.1, 0.15) is 18.4 Å². The summed E-state index contributed by atoms with van der Waals surface area (Å²) in [6.07, 6.45) is 1.82. The smallest absolute Gasteiger partial charge is 0.227 e. The van der Waals surface area contributed by atoms with E-state index >= 15 is 0 Å². The number of rotatable bonds is 2. The number of carbonyl (C=O) groups excluding carboxylic acids is 1. The monoisotopic (exact) mass is 340 g/mol. The van der Waals surface area contributed by atoms with Crippen molar-refractivity contribution < 1.29 is 9.53 Å². The van der Waals surface area contributed by atoms with Crippen molar-refractivity contribution in [1.29, 1.82) is 5.26 Å². The van der Waals surface area contributed by atoms with Crippen molar-refractivity contribution in [2.75, 3.05) is 44.3 Å². The fraction of sp³-hybridized carbons (Fsp3) is 0.643. The summed E-state index contributed by atoms with van der Waals surface area (Å²) in [7, 11) is 0. The highest BCUT2D eigenvalue weighted by Crippen LogP contribution is 2.34. The van der Waals surface area contributed by atoms with Crippen LogP contribution in [0.2, 0.25) is 5.15 Å². The van der Waals surface area contributed by atoms with Gasteiger partial charge in [-0.25, -0.2) is 0 Å². The molecule has 0 spiro atoms. The summed E-state index contributed by atoms with van der Waals surface area (Å²) in [5, 5.41) is 10.3. The zero-order valence-corrected chi connectivity index (χ0v) is 13.7. The molecule has 2 aliphatic heterocycles. The Hall–Kier alpha value is -1.36. The van der Waals surface area contributed by atoms with Gasteiger partial charge in [-0.2, -0.15) is 9.64 Å². The number of nitriles is 1. The number of amides is 1. The highest BCUT2D eigenvalue weighted by atomic mass is 35.5. The highest BCUT2D eigenvalue weighted by Gasteiger charge is 2.32. The third-order valence-electron chi connectivity index (χ3n) is 4.12. The van der Waals surface area contributed by atoms with Crippen LogP contribution in [-0.4, -0.2) is 54.6 Å². The van der Waals surface area contributed by atoms with Gasteiger partial charge in [0.1, 0.15) is 16.6 Å². The van der Waals surface area contributed by atoms with Crippen LogP contribution in [0.5, 0.6) is 0 Å². The molecule has 0 radical (unpaired) electrons. The molecule has 2 fully saturated rings. The third-order valence-corrected chi connectivity index (χ3v) is 5.41. The van der Waals surface area contributed by atoms with E-state index in [0.717, 1.165) is 24.4 Å². The van der Waals surface area contributed by atoms with Crippen molar-refractivity contribution in [3.63, 3.8) is 0 Å². The van der Waals surface area contributed by atoms with Crippen molar-refractivity contribution in [1.82, 2.24) is 9.27 Å². The SMILES string of the molecule is N#Cc1c(Cl)nsc1N1CCC[C@@H](C(=O)N2CCOCC2)C1. The van der Waals surface area contributed by atoms with Crippen LogP contribution < -0.4 is 4.90 Å². The summed E-state index contributed by atoms with van der Waals surface area (Å²) in [4.78, 5) is 16.6. The van der Waals surface area contributed by atoms with Crippen LogP contribution >= 0.6 is 23.1 Å². The van der Waals surface area contributed by atoms with Crippen LogP contribution in [0.25, 0.3) is 0 Å². The van der Waals surface area contributed by atoms with Gasteiger partial charge in [-0.1, -0.05) is 11.6 Å². The number of morpholine rings is 1. The lowest BCUT2D eigenvalue weighted by Gasteiger charge is -2.36. The average molecular weight is 341 g/mol. The summed E-state index contributed by atoms with van der Waals surface area (Å²) in [6, 6.07) is 2.11. The van der Waals surface area contributed by atoms with Crippen molar-refractivity contribution in [3.8, 4) is 6.07 Å². The molecule has 1 aromatic rings.